The molecule has 6 nitrogen and oxygen atoms in total. The molecule has 0 aliphatic heterocycles. The van der Waals surface area contributed by atoms with Gasteiger partial charge in [-0.15, -0.1) is 17.7 Å². The van der Waals surface area contributed by atoms with Crippen LogP contribution in [0.15, 0.2) is 23.4 Å². The monoisotopic (exact) mass is 238 g/mol. The van der Waals surface area contributed by atoms with Gasteiger partial charge in [0.1, 0.15) is 17.2 Å². The SMILES string of the molecule is COc1ccc(OC)c(-n2nnnc2S)c1. The largest absolute Gasteiger partial charge is 0.497 e. The van der Waals surface area contributed by atoms with E-state index in [1.54, 1.807) is 32.4 Å². The maximum atomic E-state index is 5.22. The van der Waals surface area contributed by atoms with Gasteiger partial charge in [-0.3, -0.25) is 0 Å². The summed E-state index contributed by atoms with van der Waals surface area (Å²) >= 11 is 4.14. The van der Waals surface area contributed by atoms with Gasteiger partial charge in [-0.2, -0.15) is 4.68 Å². The molecule has 2 aromatic rings. The lowest BCUT2D eigenvalue weighted by Gasteiger charge is -2.09. The Bertz CT molecular complexity index is 500. The standard InChI is InChI=1S/C9H10N4O2S/c1-14-6-3-4-8(15-2)7(5-6)13-9(16)10-11-12-13/h3-5H,1-2H3,(H,10,12,16). The van der Waals surface area contributed by atoms with Crippen LogP contribution < -0.4 is 9.47 Å². The highest BCUT2D eigenvalue weighted by atomic mass is 32.1. The summed E-state index contributed by atoms with van der Waals surface area (Å²) in [5.74, 6) is 1.34. The molecule has 16 heavy (non-hydrogen) atoms. The highest BCUT2D eigenvalue weighted by Crippen LogP contribution is 2.27. The third-order valence-corrected chi connectivity index (χ3v) is 2.35. The zero-order valence-electron chi connectivity index (χ0n) is 8.78. The molecule has 0 N–H and O–H groups in total. The zero-order chi connectivity index (χ0) is 11.5. The zero-order valence-corrected chi connectivity index (χ0v) is 9.68. The van der Waals surface area contributed by atoms with Gasteiger partial charge >= 0.3 is 0 Å². The van der Waals surface area contributed by atoms with Crippen LogP contribution >= 0.6 is 12.6 Å². The van der Waals surface area contributed by atoms with Gasteiger partial charge in [0.25, 0.3) is 0 Å². The molecule has 0 saturated heterocycles. The Kier molecular flexibility index (Phi) is 2.95. The summed E-state index contributed by atoms with van der Waals surface area (Å²) in [5, 5.41) is 11.4. The molecular weight excluding hydrogens is 228 g/mol. The summed E-state index contributed by atoms with van der Waals surface area (Å²) in [6.07, 6.45) is 0. The number of thiol groups is 1. The lowest BCUT2D eigenvalue weighted by molar-refractivity contribution is 0.399. The quantitative estimate of drug-likeness (QED) is 0.807. The fourth-order valence-electron chi connectivity index (χ4n) is 1.30. The van der Waals surface area contributed by atoms with Crippen LogP contribution in [0.1, 0.15) is 0 Å². The van der Waals surface area contributed by atoms with Crippen molar-refractivity contribution in [3.8, 4) is 17.2 Å². The van der Waals surface area contributed by atoms with Gasteiger partial charge in [-0.25, -0.2) is 0 Å². The fourth-order valence-corrected chi connectivity index (χ4v) is 1.49. The van der Waals surface area contributed by atoms with Crippen molar-refractivity contribution in [2.45, 2.75) is 5.16 Å². The van der Waals surface area contributed by atoms with Gasteiger partial charge in [0.2, 0.25) is 5.16 Å². The summed E-state index contributed by atoms with van der Waals surface area (Å²) < 4.78 is 11.8. The molecule has 0 radical (unpaired) electrons. The molecule has 0 saturated carbocycles. The topological polar surface area (TPSA) is 62.1 Å². The second-order valence-electron chi connectivity index (χ2n) is 2.93. The van der Waals surface area contributed by atoms with E-state index in [4.69, 9.17) is 9.47 Å². The molecule has 7 heteroatoms. The molecule has 0 bridgehead atoms. The molecule has 0 atom stereocenters. The second kappa shape index (κ2) is 4.40. The summed E-state index contributed by atoms with van der Waals surface area (Å²) in [6, 6.07) is 5.35. The summed E-state index contributed by atoms with van der Waals surface area (Å²) in [4.78, 5) is 0. The first-order chi connectivity index (χ1) is 7.76. The van der Waals surface area contributed by atoms with Gasteiger partial charge in [0.15, 0.2) is 0 Å². The molecule has 2 rings (SSSR count). The van der Waals surface area contributed by atoms with E-state index in [0.29, 0.717) is 22.3 Å². The maximum absolute atomic E-state index is 5.22. The van der Waals surface area contributed by atoms with Crippen molar-refractivity contribution >= 4 is 12.6 Å². The van der Waals surface area contributed by atoms with E-state index in [1.807, 2.05) is 0 Å². The van der Waals surface area contributed by atoms with Crippen molar-refractivity contribution in [2.75, 3.05) is 14.2 Å². The molecule has 1 aromatic heterocycles. The number of nitrogens with zero attached hydrogens (tertiary/aromatic N) is 4. The van der Waals surface area contributed by atoms with Crippen LogP contribution in [0.5, 0.6) is 11.5 Å². The molecule has 84 valence electrons. The minimum absolute atomic E-state index is 0.381. The van der Waals surface area contributed by atoms with Crippen molar-refractivity contribution in [1.29, 1.82) is 0 Å². The fraction of sp³-hybridized carbons (Fsp3) is 0.222. The highest BCUT2D eigenvalue weighted by molar-refractivity contribution is 7.80. The summed E-state index contributed by atoms with van der Waals surface area (Å²) in [7, 11) is 3.17. The van der Waals surface area contributed by atoms with Gasteiger partial charge in [0.05, 0.1) is 14.2 Å². The Hall–Kier alpha value is -1.76. The van der Waals surface area contributed by atoms with Crippen molar-refractivity contribution in [3.05, 3.63) is 18.2 Å². The van der Waals surface area contributed by atoms with Crippen molar-refractivity contribution in [1.82, 2.24) is 20.2 Å². The predicted molar refractivity (Wildman–Crippen MR) is 59.5 cm³/mol. The van der Waals surface area contributed by atoms with Crippen LogP contribution in [0.4, 0.5) is 0 Å². The van der Waals surface area contributed by atoms with E-state index in [0.717, 1.165) is 0 Å². The summed E-state index contributed by atoms with van der Waals surface area (Å²) in [5.41, 5.74) is 0.678. The van der Waals surface area contributed by atoms with E-state index in [1.165, 1.54) is 4.68 Å². The van der Waals surface area contributed by atoms with E-state index in [9.17, 15) is 0 Å². The first kappa shape index (κ1) is 10.7. The van der Waals surface area contributed by atoms with Crippen LogP contribution in [0.3, 0.4) is 0 Å². The molecule has 0 fully saturated rings. The van der Waals surface area contributed by atoms with Gasteiger partial charge in [0, 0.05) is 6.07 Å². The Labute approximate surface area is 97.6 Å². The molecule has 1 heterocycles. The van der Waals surface area contributed by atoms with Crippen molar-refractivity contribution in [2.24, 2.45) is 0 Å². The van der Waals surface area contributed by atoms with Crippen LogP contribution in [0, 0.1) is 0 Å². The number of hydrogen-bond acceptors (Lipinski definition) is 6. The molecule has 0 aliphatic carbocycles. The van der Waals surface area contributed by atoms with E-state index < -0.39 is 0 Å². The van der Waals surface area contributed by atoms with E-state index >= 15 is 0 Å². The highest BCUT2D eigenvalue weighted by Gasteiger charge is 2.11. The Morgan fingerprint density at radius 3 is 2.62 bits per heavy atom. The molecule has 0 unspecified atom stereocenters. The first-order valence-corrected chi connectivity index (χ1v) is 4.90. The predicted octanol–water partition coefficient (Wildman–Crippen LogP) is 0.968. The second-order valence-corrected chi connectivity index (χ2v) is 3.33. The lowest BCUT2D eigenvalue weighted by atomic mass is 10.3. The average Bonchev–Trinajstić information content (AvgIpc) is 2.74. The number of hydrogen-bond donors (Lipinski definition) is 1. The normalized spacial score (nSPS) is 10.2. The lowest BCUT2D eigenvalue weighted by Crippen LogP contribution is -2.01. The number of ether oxygens (including phenoxy) is 2. The minimum Gasteiger partial charge on any atom is -0.497 e. The van der Waals surface area contributed by atoms with Crippen molar-refractivity contribution < 1.29 is 9.47 Å². The van der Waals surface area contributed by atoms with Crippen molar-refractivity contribution in [3.63, 3.8) is 0 Å². The Morgan fingerprint density at radius 2 is 2.06 bits per heavy atom. The third kappa shape index (κ3) is 1.81. The van der Waals surface area contributed by atoms with E-state index in [-0.39, 0.29) is 0 Å². The third-order valence-electron chi connectivity index (χ3n) is 2.07. The van der Waals surface area contributed by atoms with Crippen LogP contribution in [0.2, 0.25) is 0 Å². The van der Waals surface area contributed by atoms with Crippen LogP contribution in [0.25, 0.3) is 5.69 Å². The minimum atomic E-state index is 0.381. The summed E-state index contributed by atoms with van der Waals surface area (Å²) in [6.45, 7) is 0. The number of tetrazole rings is 1. The first-order valence-electron chi connectivity index (χ1n) is 4.46. The number of benzene rings is 1. The van der Waals surface area contributed by atoms with Gasteiger partial charge in [-0.05, 0) is 22.6 Å². The van der Waals surface area contributed by atoms with Gasteiger partial charge < -0.3 is 9.47 Å². The number of methoxy groups -OCH3 is 2. The molecular formula is C9H10N4O2S. The number of rotatable bonds is 3. The molecule has 0 amide bonds. The molecule has 0 aliphatic rings. The van der Waals surface area contributed by atoms with Crippen LogP contribution in [-0.2, 0) is 0 Å². The smallest absolute Gasteiger partial charge is 0.211 e. The number of aromatic nitrogens is 4. The Balaban J connectivity index is 2.57. The van der Waals surface area contributed by atoms with Gasteiger partial charge in [-0.1, -0.05) is 0 Å². The van der Waals surface area contributed by atoms with E-state index in [2.05, 4.69) is 28.2 Å². The van der Waals surface area contributed by atoms with Crippen LogP contribution in [-0.4, -0.2) is 34.4 Å². The molecule has 1 aromatic carbocycles. The Morgan fingerprint density at radius 1 is 1.25 bits per heavy atom. The maximum Gasteiger partial charge on any atom is 0.211 e. The molecule has 0 spiro atoms. The average molecular weight is 238 g/mol.